The Kier molecular flexibility index (Phi) is 4.56. The fourth-order valence-corrected chi connectivity index (χ4v) is 5.40. The van der Waals surface area contributed by atoms with E-state index in [0.29, 0.717) is 14.6 Å². The Morgan fingerprint density at radius 2 is 1.71 bits per heavy atom. The molecule has 108 valence electrons. The zero-order valence-electron chi connectivity index (χ0n) is 10.5. The molecule has 0 bridgehead atoms. The summed E-state index contributed by atoms with van der Waals surface area (Å²) < 4.78 is 28.1. The fourth-order valence-electron chi connectivity index (χ4n) is 1.70. The van der Waals surface area contributed by atoms with E-state index in [9.17, 15) is 8.42 Å². The number of hydrogen-bond donors (Lipinski definition) is 2. The Hall–Kier alpha value is -1.56. The Morgan fingerprint density at radius 3 is 2.29 bits per heavy atom. The fraction of sp³-hybridized carbons (Fsp3) is 0. The van der Waals surface area contributed by atoms with Gasteiger partial charge in [0.2, 0.25) is 0 Å². The van der Waals surface area contributed by atoms with Crippen LogP contribution in [0, 0.1) is 11.3 Å². The number of nitrogen functional groups attached to an aromatic ring is 1. The summed E-state index contributed by atoms with van der Waals surface area (Å²) in [6.07, 6.45) is 0. The molecular weight excluding hydrogens is 422 g/mol. The molecule has 5 nitrogen and oxygen atoms in total. The van der Waals surface area contributed by atoms with Crippen LogP contribution < -0.4 is 10.5 Å². The largest absolute Gasteiger partial charge is 0.399 e. The van der Waals surface area contributed by atoms with Gasteiger partial charge < -0.3 is 5.73 Å². The van der Waals surface area contributed by atoms with Crippen LogP contribution in [0.15, 0.2) is 50.2 Å². The van der Waals surface area contributed by atoms with Gasteiger partial charge in [-0.25, -0.2) is 8.42 Å². The number of rotatable bonds is 3. The van der Waals surface area contributed by atoms with Gasteiger partial charge in [-0.2, -0.15) is 5.26 Å². The second-order valence-electron chi connectivity index (χ2n) is 4.08. The number of hydrogen-bond acceptors (Lipinski definition) is 4. The van der Waals surface area contributed by atoms with Crippen LogP contribution in [-0.2, 0) is 10.0 Å². The molecule has 0 saturated carbocycles. The second kappa shape index (κ2) is 6.05. The lowest BCUT2D eigenvalue weighted by molar-refractivity contribution is 0.600. The normalized spacial score (nSPS) is 10.9. The van der Waals surface area contributed by atoms with E-state index in [1.807, 2.05) is 6.07 Å². The van der Waals surface area contributed by atoms with E-state index >= 15 is 0 Å². The molecule has 0 aliphatic heterocycles. The predicted octanol–water partition coefficient (Wildman–Crippen LogP) is 3.47. The lowest BCUT2D eigenvalue weighted by Crippen LogP contribution is -2.15. The highest BCUT2D eigenvalue weighted by atomic mass is 79.9. The number of nitrogens with zero attached hydrogens (tertiary/aromatic N) is 1. The number of benzene rings is 2. The third-order valence-corrected chi connectivity index (χ3v) is 5.82. The second-order valence-corrected chi connectivity index (χ2v) is 7.40. The van der Waals surface area contributed by atoms with Gasteiger partial charge in [-0.1, -0.05) is 12.1 Å². The lowest BCUT2D eigenvalue weighted by Gasteiger charge is -2.12. The van der Waals surface area contributed by atoms with Gasteiger partial charge in [0.05, 0.1) is 11.3 Å². The van der Waals surface area contributed by atoms with E-state index in [1.165, 1.54) is 24.3 Å². The number of nitrogens with two attached hydrogens (primary N) is 1. The number of para-hydroxylation sites is 1. The summed E-state index contributed by atoms with van der Waals surface area (Å²) in [7, 11) is -3.87. The summed E-state index contributed by atoms with van der Waals surface area (Å²) in [4.78, 5) is 0.0180. The highest BCUT2D eigenvalue weighted by Gasteiger charge is 2.22. The van der Waals surface area contributed by atoms with Gasteiger partial charge in [-0.05, 0) is 56.1 Å². The molecule has 21 heavy (non-hydrogen) atoms. The molecule has 3 N–H and O–H groups in total. The van der Waals surface area contributed by atoms with Crippen LogP contribution in [0.4, 0.5) is 11.4 Å². The van der Waals surface area contributed by atoms with E-state index in [0.717, 1.165) is 0 Å². The zero-order valence-corrected chi connectivity index (χ0v) is 14.5. The van der Waals surface area contributed by atoms with E-state index < -0.39 is 10.0 Å². The Bertz CT molecular complexity index is 822. The highest BCUT2D eigenvalue weighted by molar-refractivity contribution is 9.11. The van der Waals surface area contributed by atoms with Crippen LogP contribution in [-0.4, -0.2) is 8.42 Å². The SMILES string of the molecule is N#Cc1ccccc1NS(=O)(=O)c1c(Br)cc(N)cc1Br. The smallest absolute Gasteiger partial charge is 0.264 e. The van der Waals surface area contributed by atoms with Gasteiger partial charge in [0.15, 0.2) is 0 Å². The highest BCUT2D eigenvalue weighted by Crippen LogP contribution is 2.33. The van der Waals surface area contributed by atoms with Crippen LogP contribution >= 0.6 is 31.9 Å². The maximum atomic E-state index is 12.5. The zero-order chi connectivity index (χ0) is 15.6. The first-order chi connectivity index (χ1) is 9.85. The monoisotopic (exact) mass is 429 g/mol. The predicted molar refractivity (Wildman–Crippen MR) is 88.2 cm³/mol. The molecule has 0 fully saturated rings. The van der Waals surface area contributed by atoms with Crippen molar-refractivity contribution in [2.24, 2.45) is 0 Å². The molecule has 0 aromatic heterocycles. The first-order valence-corrected chi connectivity index (χ1v) is 8.68. The number of anilines is 2. The van der Waals surface area contributed by atoms with E-state index in [-0.39, 0.29) is 16.1 Å². The maximum Gasteiger partial charge on any atom is 0.264 e. The molecule has 0 aliphatic rings. The number of nitriles is 1. The summed E-state index contributed by atoms with van der Waals surface area (Å²) in [5, 5.41) is 9.01. The summed E-state index contributed by atoms with van der Waals surface area (Å²) in [6.45, 7) is 0. The summed E-state index contributed by atoms with van der Waals surface area (Å²) in [5.74, 6) is 0. The molecule has 0 heterocycles. The molecule has 0 radical (unpaired) electrons. The quantitative estimate of drug-likeness (QED) is 0.728. The van der Waals surface area contributed by atoms with Crippen LogP contribution in [0.2, 0.25) is 0 Å². The summed E-state index contributed by atoms with van der Waals surface area (Å²) in [5.41, 5.74) is 6.53. The van der Waals surface area contributed by atoms with Crippen molar-refractivity contribution in [3.8, 4) is 6.07 Å². The lowest BCUT2D eigenvalue weighted by atomic mass is 10.2. The molecule has 0 saturated heterocycles. The Morgan fingerprint density at radius 1 is 1.14 bits per heavy atom. The molecular formula is C13H9Br2N3O2S. The van der Waals surface area contributed by atoms with Gasteiger partial charge in [0.1, 0.15) is 11.0 Å². The van der Waals surface area contributed by atoms with Crippen LogP contribution in [0.25, 0.3) is 0 Å². The van der Waals surface area contributed by atoms with E-state index in [4.69, 9.17) is 11.0 Å². The van der Waals surface area contributed by atoms with Crippen LogP contribution in [0.1, 0.15) is 5.56 Å². The molecule has 2 aromatic rings. The molecule has 0 atom stereocenters. The van der Waals surface area contributed by atoms with Crippen molar-refractivity contribution >= 4 is 53.3 Å². The summed E-state index contributed by atoms with van der Waals surface area (Å²) >= 11 is 6.38. The van der Waals surface area contributed by atoms with Gasteiger partial charge >= 0.3 is 0 Å². The Labute approximate surface area is 139 Å². The van der Waals surface area contributed by atoms with Crippen LogP contribution in [0.3, 0.4) is 0 Å². The molecule has 0 aliphatic carbocycles. The topological polar surface area (TPSA) is 96.0 Å². The minimum Gasteiger partial charge on any atom is -0.399 e. The molecule has 0 spiro atoms. The molecule has 2 aromatic carbocycles. The molecule has 2 rings (SSSR count). The third-order valence-electron chi connectivity index (χ3n) is 2.58. The van der Waals surface area contributed by atoms with Crippen molar-refractivity contribution in [3.05, 3.63) is 50.9 Å². The van der Waals surface area contributed by atoms with E-state index in [2.05, 4.69) is 36.6 Å². The van der Waals surface area contributed by atoms with Crippen molar-refractivity contribution in [2.45, 2.75) is 4.90 Å². The minimum absolute atomic E-state index is 0.0180. The van der Waals surface area contributed by atoms with E-state index in [1.54, 1.807) is 12.1 Å². The van der Waals surface area contributed by atoms with Crippen molar-refractivity contribution in [1.29, 1.82) is 5.26 Å². The van der Waals surface area contributed by atoms with Crippen molar-refractivity contribution in [1.82, 2.24) is 0 Å². The van der Waals surface area contributed by atoms with Crippen molar-refractivity contribution in [2.75, 3.05) is 10.5 Å². The van der Waals surface area contributed by atoms with Gasteiger partial charge in [-0.15, -0.1) is 0 Å². The van der Waals surface area contributed by atoms with Crippen molar-refractivity contribution < 1.29 is 8.42 Å². The first kappa shape index (κ1) is 15.8. The average molecular weight is 431 g/mol. The van der Waals surface area contributed by atoms with Crippen LogP contribution in [0.5, 0.6) is 0 Å². The molecule has 8 heteroatoms. The Balaban J connectivity index is 2.52. The first-order valence-electron chi connectivity index (χ1n) is 5.61. The number of sulfonamides is 1. The molecule has 0 unspecified atom stereocenters. The minimum atomic E-state index is -3.87. The van der Waals surface area contributed by atoms with Gasteiger partial charge in [0.25, 0.3) is 10.0 Å². The molecule has 0 amide bonds. The number of halogens is 2. The van der Waals surface area contributed by atoms with Gasteiger partial charge in [0, 0.05) is 14.6 Å². The maximum absolute atomic E-state index is 12.5. The summed E-state index contributed by atoms with van der Waals surface area (Å²) in [6, 6.07) is 11.3. The van der Waals surface area contributed by atoms with Gasteiger partial charge in [-0.3, -0.25) is 4.72 Å². The number of nitrogens with one attached hydrogen (secondary N) is 1. The average Bonchev–Trinajstić information content (AvgIpc) is 2.37. The third kappa shape index (κ3) is 3.37. The standard InChI is InChI=1S/C13H9Br2N3O2S/c14-10-5-9(17)6-11(15)13(10)21(19,20)18-12-4-2-1-3-8(12)7-16/h1-6,18H,17H2. The van der Waals surface area contributed by atoms with Crippen molar-refractivity contribution in [3.63, 3.8) is 0 Å².